The topological polar surface area (TPSA) is 21.3 Å². The second-order valence-electron chi connectivity index (χ2n) is 4.58. The van der Waals surface area contributed by atoms with Crippen LogP contribution in [0.15, 0.2) is 36.4 Å². The van der Waals surface area contributed by atoms with E-state index in [0.29, 0.717) is 21.5 Å². The van der Waals surface area contributed by atoms with E-state index in [2.05, 4.69) is 12.2 Å². The quantitative estimate of drug-likeness (QED) is 0.819. The van der Waals surface area contributed by atoms with Crippen molar-refractivity contribution in [3.8, 4) is 11.5 Å². The highest BCUT2D eigenvalue weighted by atomic mass is 35.5. The molecule has 0 saturated carbocycles. The van der Waals surface area contributed by atoms with Gasteiger partial charge in [0.1, 0.15) is 11.5 Å². The van der Waals surface area contributed by atoms with E-state index in [0.717, 1.165) is 24.2 Å². The van der Waals surface area contributed by atoms with Gasteiger partial charge in [0.05, 0.1) is 10.0 Å². The zero-order valence-electron chi connectivity index (χ0n) is 11.5. The lowest BCUT2D eigenvalue weighted by molar-refractivity contribution is 0.482. The standard InChI is InChI=1S/C16H17Cl2NO/c1-3-19-10-12-5-7-15(14(18)9-12)20-16-8-11(2)4-6-13(16)17/h4-9,19H,3,10H2,1-2H3. The molecule has 2 nitrogen and oxygen atoms in total. The molecule has 0 aliphatic rings. The Morgan fingerprint density at radius 1 is 1.00 bits per heavy atom. The normalized spacial score (nSPS) is 10.6. The number of hydrogen-bond acceptors (Lipinski definition) is 2. The van der Waals surface area contributed by atoms with E-state index < -0.39 is 0 Å². The van der Waals surface area contributed by atoms with Gasteiger partial charge < -0.3 is 10.1 Å². The Labute approximate surface area is 129 Å². The first-order chi connectivity index (χ1) is 9.60. The highest BCUT2D eigenvalue weighted by Crippen LogP contribution is 2.34. The molecule has 0 atom stereocenters. The lowest BCUT2D eigenvalue weighted by atomic mass is 10.2. The molecule has 2 aromatic rings. The summed E-state index contributed by atoms with van der Waals surface area (Å²) < 4.78 is 5.80. The van der Waals surface area contributed by atoms with E-state index in [9.17, 15) is 0 Å². The van der Waals surface area contributed by atoms with Crippen LogP contribution in [-0.4, -0.2) is 6.54 Å². The van der Waals surface area contributed by atoms with E-state index in [1.54, 1.807) is 0 Å². The first kappa shape index (κ1) is 15.2. The zero-order valence-corrected chi connectivity index (χ0v) is 13.1. The summed E-state index contributed by atoms with van der Waals surface area (Å²) in [6.07, 6.45) is 0. The first-order valence-electron chi connectivity index (χ1n) is 6.53. The number of ether oxygens (including phenoxy) is 1. The van der Waals surface area contributed by atoms with Gasteiger partial charge in [0.2, 0.25) is 0 Å². The van der Waals surface area contributed by atoms with Crippen LogP contribution in [0, 0.1) is 6.92 Å². The van der Waals surface area contributed by atoms with Crippen molar-refractivity contribution in [2.75, 3.05) is 6.54 Å². The lowest BCUT2D eigenvalue weighted by Crippen LogP contribution is -2.11. The summed E-state index contributed by atoms with van der Waals surface area (Å²) in [6.45, 7) is 5.78. The van der Waals surface area contributed by atoms with Crippen LogP contribution in [0.25, 0.3) is 0 Å². The summed E-state index contributed by atoms with van der Waals surface area (Å²) in [7, 11) is 0. The Morgan fingerprint density at radius 2 is 1.80 bits per heavy atom. The maximum absolute atomic E-state index is 6.25. The summed E-state index contributed by atoms with van der Waals surface area (Å²) in [5.74, 6) is 1.23. The minimum absolute atomic E-state index is 0.573. The third-order valence-corrected chi connectivity index (χ3v) is 3.49. The minimum atomic E-state index is 0.573. The zero-order chi connectivity index (χ0) is 14.5. The highest BCUT2D eigenvalue weighted by Gasteiger charge is 2.07. The molecule has 2 rings (SSSR count). The molecule has 0 radical (unpaired) electrons. The maximum atomic E-state index is 6.25. The van der Waals surface area contributed by atoms with Crippen LogP contribution in [0.5, 0.6) is 11.5 Å². The predicted molar refractivity (Wildman–Crippen MR) is 85.1 cm³/mol. The lowest BCUT2D eigenvalue weighted by Gasteiger charge is -2.11. The van der Waals surface area contributed by atoms with Crippen LogP contribution in [0.2, 0.25) is 10.0 Å². The Kier molecular flexibility index (Phi) is 5.30. The van der Waals surface area contributed by atoms with Gasteiger partial charge in [-0.2, -0.15) is 0 Å². The molecule has 0 heterocycles. The van der Waals surface area contributed by atoms with Gasteiger partial charge in [-0.3, -0.25) is 0 Å². The summed E-state index contributed by atoms with van der Waals surface area (Å²) >= 11 is 12.4. The summed E-state index contributed by atoms with van der Waals surface area (Å²) in [5, 5.41) is 4.41. The van der Waals surface area contributed by atoms with Crippen molar-refractivity contribution in [2.24, 2.45) is 0 Å². The van der Waals surface area contributed by atoms with E-state index in [1.165, 1.54) is 0 Å². The average molecular weight is 310 g/mol. The fourth-order valence-corrected chi connectivity index (χ4v) is 2.21. The molecule has 0 spiro atoms. The number of benzene rings is 2. The summed E-state index contributed by atoms with van der Waals surface area (Å²) in [6, 6.07) is 11.4. The second-order valence-corrected chi connectivity index (χ2v) is 5.40. The minimum Gasteiger partial charge on any atom is -0.454 e. The predicted octanol–water partition coefficient (Wildman–Crippen LogP) is 5.20. The van der Waals surface area contributed by atoms with E-state index in [1.807, 2.05) is 43.3 Å². The third kappa shape index (κ3) is 3.89. The van der Waals surface area contributed by atoms with Crippen molar-refractivity contribution in [1.82, 2.24) is 5.32 Å². The van der Waals surface area contributed by atoms with Crippen LogP contribution in [-0.2, 0) is 6.54 Å². The Hall–Kier alpha value is -1.22. The van der Waals surface area contributed by atoms with Gasteiger partial charge in [0.25, 0.3) is 0 Å². The molecule has 0 aliphatic heterocycles. The highest BCUT2D eigenvalue weighted by molar-refractivity contribution is 6.32. The van der Waals surface area contributed by atoms with Crippen molar-refractivity contribution in [3.05, 3.63) is 57.6 Å². The van der Waals surface area contributed by atoms with Crippen molar-refractivity contribution in [3.63, 3.8) is 0 Å². The molecule has 0 amide bonds. The molecule has 0 unspecified atom stereocenters. The van der Waals surface area contributed by atoms with Crippen molar-refractivity contribution in [2.45, 2.75) is 20.4 Å². The maximum Gasteiger partial charge on any atom is 0.146 e. The largest absolute Gasteiger partial charge is 0.454 e. The van der Waals surface area contributed by atoms with Gasteiger partial charge in [-0.25, -0.2) is 0 Å². The van der Waals surface area contributed by atoms with Crippen molar-refractivity contribution >= 4 is 23.2 Å². The fraction of sp³-hybridized carbons (Fsp3) is 0.250. The van der Waals surface area contributed by atoms with Crippen molar-refractivity contribution < 1.29 is 4.74 Å². The van der Waals surface area contributed by atoms with Crippen LogP contribution in [0.4, 0.5) is 0 Å². The molecule has 0 aromatic heterocycles. The molecule has 0 aliphatic carbocycles. The van der Waals surface area contributed by atoms with E-state index >= 15 is 0 Å². The Bertz CT molecular complexity index is 599. The van der Waals surface area contributed by atoms with Crippen molar-refractivity contribution in [1.29, 1.82) is 0 Å². The number of rotatable bonds is 5. The van der Waals surface area contributed by atoms with Crippen LogP contribution < -0.4 is 10.1 Å². The molecule has 20 heavy (non-hydrogen) atoms. The molecule has 1 N–H and O–H groups in total. The Balaban J connectivity index is 2.19. The van der Waals surface area contributed by atoms with Crippen LogP contribution in [0.3, 0.4) is 0 Å². The second kappa shape index (κ2) is 6.98. The third-order valence-electron chi connectivity index (χ3n) is 2.88. The van der Waals surface area contributed by atoms with E-state index in [4.69, 9.17) is 27.9 Å². The van der Waals surface area contributed by atoms with Crippen LogP contribution in [0.1, 0.15) is 18.1 Å². The molecule has 0 fully saturated rings. The molecule has 0 bridgehead atoms. The first-order valence-corrected chi connectivity index (χ1v) is 7.29. The summed E-state index contributed by atoms with van der Waals surface area (Å²) in [4.78, 5) is 0. The van der Waals surface area contributed by atoms with E-state index in [-0.39, 0.29) is 0 Å². The average Bonchev–Trinajstić information content (AvgIpc) is 2.43. The number of hydrogen-bond donors (Lipinski definition) is 1. The smallest absolute Gasteiger partial charge is 0.146 e. The molecule has 4 heteroatoms. The van der Waals surface area contributed by atoms with Gasteiger partial charge in [-0.05, 0) is 48.9 Å². The monoisotopic (exact) mass is 309 g/mol. The molecule has 106 valence electrons. The van der Waals surface area contributed by atoms with Gasteiger partial charge >= 0.3 is 0 Å². The number of halogens is 2. The van der Waals surface area contributed by atoms with Crippen LogP contribution >= 0.6 is 23.2 Å². The molecular weight excluding hydrogens is 293 g/mol. The molecule has 0 saturated heterocycles. The molecular formula is C16H17Cl2NO. The number of aryl methyl sites for hydroxylation is 1. The number of nitrogens with one attached hydrogen (secondary N) is 1. The van der Waals surface area contributed by atoms with Gasteiger partial charge in [0, 0.05) is 6.54 Å². The van der Waals surface area contributed by atoms with Gasteiger partial charge in [0.15, 0.2) is 0 Å². The van der Waals surface area contributed by atoms with Gasteiger partial charge in [-0.1, -0.05) is 42.3 Å². The van der Waals surface area contributed by atoms with Gasteiger partial charge in [-0.15, -0.1) is 0 Å². The SMILES string of the molecule is CCNCc1ccc(Oc2cc(C)ccc2Cl)c(Cl)c1. The Morgan fingerprint density at radius 3 is 2.50 bits per heavy atom. The summed E-state index contributed by atoms with van der Waals surface area (Å²) in [5.41, 5.74) is 2.21. The molecule has 2 aromatic carbocycles. The fourth-order valence-electron chi connectivity index (χ4n) is 1.81.